The monoisotopic (exact) mass is 1290 g/mol. The van der Waals surface area contributed by atoms with Crippen molar-refractivity contribution in [3.63, 3.8) is 0 Å². The summed E-state index contributed by atoms with van der Waals surface area (Å²) in [7, 11) is -2.57. The van der Waals surface area contributed by atoms with Crippen LogP contribution in [0.1, 0.15) is 80.2 Å². The second kappa shape index (κ2) is 29.1. The van der Waals surface area contributed by atoms with E-state index in [0.29, 0.717) is 16.7 Å². The Morgan fingerprint density at radius 3 is 1.04 bits per heavy atom. The molecule has 0 saturated carbocycles. The van der Waals surface area contributed by atoms with E-state index < -0.39 is 107 Å². The van der Waals surface area contributed by atoms with Gasteiger partial charge in [0, 0.05) is 11.1 Å². The molecule has 95 heavy (non-hydrogen) atoms. The third-order valence-corrected chi connectivity index (χ3v) is 16.3. The molecule has 2 aliphatic rings. The first-order chi connectivity index (χ1) is 46.6. The molecule has 13 rings (SSSR count). The van der Waals surface area contributed by atoms with Crippen LogP contribution in [0, 0.1) is 0 Å². The molecular formula is C69H55N10O15P. The highest BCUT2D eigenvalue weighted by Crippen LogP contribution is 2.46. The SMILES string of the molecule is O=C(Nc1ncnc2c1ncn2[C@@H]1O[C@H](COP(OCc2ccccc2)OC[C@H]2O[C@@H](n3cnc4c(NC(=O)c5ccccc5)ncnc43)[C@H](OC(=O)c3ccccc3)[C@@H]2OC(=O)c2ccccc2)[C@@H](OC(=O)c2ccccc2)[C@H]1OC(=O)c1ccccc1)c1ccccc1. The molecule has 25 nitrogen and oxygen atoms in total. The number of carbonyl (C=O) groups excluding carboxylic acids is 6. The number of carbonyl (C=O) groups is 6. The number of aromatic nitrogens is 8. The van der Waals surface area contributed by atoms with Crippen molar-refractivity contribution in [2.24, 2.45) is 0 Å². The van der Waals surface area contributed by atoms with Crippen molar-refractivity contribution in [3.8, 4) is 0 Å². The van der Waals surface area contributed by atoms with Crippen molar-refractivity contribution < 1.29 is 70.8 Å². The fourth-order valence-corrected chi connectivity index (χ4v) is 11.6. The summed E-state index contributed by atoms with van der Waals surface area (Å²) in [5, 5.41) is 5.60. The molecule has 2 N–H and O–H groups in total. The lowest BCUT2D eigenvalue weighted by Crippen LogP contribution is -2.41. The van der Waals surface area contributed by atoms with Crippen molar-refractivity contribution in [2.75, 3.05) is 23.8 Å². The van der Waals surface area contributed by atoms with E-state index in [1.165, 1.54) is 34.4 Å². The van der Waals surface area contributed by atoms with Gasteiger partial charge in [-0.2, -0.15) is 0 Å². The number of ether oxygens (including phenoxy) is 6. The van der Waals surface area contributed by atoms with Gasteiger partial charge in [0.05, 0.1) is 54.7 Å². The van der Waals surface area contributed by atoms with Crippen LogP contribution in [0.15, 0.2) is 238 Å². The molecule has 0 bridgehead atoms. The molecule has 2 fully saturated rings. The summed E-state index contributed by atoms with van der Waals surface area (Å²) in [6.45, 7) is -1.04. The van der Waals surface area contributed by atoms with Crippen molar-refractivity contribution in [1.29, 1.82) is 0 Å². The first-order valence-electron chi connectivity index (χ1n) is 29.8. The smallest absolute Gasteiger partial charge is 0.338 e. The zero-order valence-corrected chi connectivity index (χ0v) is 50.8. The summed E-state index contributed by atoms with van der Waals surface area (Å²) < 4.78 is 61.8. The maximum Gasteiger partial charge on any atom is 0.338 e. The zero-order chi connectivity index (χ0) is 65.0. The Morgan fingerprint density at radius 2 is 0.695 bits per heavy atom. The van der Waals surface area contributed by atoms with Gasteiger partial charge < -0.3 is 52.6 Å². The summed E-state index contributed by atoms with van der Waals surface area (Å²) in [6, 6.07) is 58.8. The van der Waals surface area contributed by atoms with Gasteiger partial charge in [0.2, 0.25) is 0 Å². The van der Waals surface area contributed by atoms with Crippen LogP contribution in [0.3, 0.4) is 0 Å². The van der Waals surface area contributed by atoms with E-state index >= 15 is 0 Å². The van der Waals surface area contributed by atoms with Gasteiger partial charge in [-0.25, -0.2) is 49.1 Å². The van der Waals surface area contributed by atoms with Gasteiger partial charge in [-0.15, -0.1) is 0 Å². The van der Waals surface area contributed by atoms with Gasteiger partial charge in [-0.05, 0) is 78.4 Å². The molecule has 0 radical (unpaired) electrons. The minimum atomic E-state index is -2.57. The Hall–Kier alpha value is -11.3. The molecule has 4 aromatic heterocycles. The Kier molecular flexibility index (Phi) is 19.1. The lowest BCUT2D eigenvalue weighted by atomic mass is 10.1. The van der Waals surface area contributed by atoms with Crippen molar-refractivity contribution >= 4 is 78.3 Å². The number of benzene rings is 7. The molecule has 8 atom stereocenters. The van der Waals surface area contributed by atoms with E-state index in [1.54, 1.807) is 182 Å². The predicted molar refractivity (Wildman–Crippen MR) is 340 cm³/mol. The lowest BCUT2D eigenvalue weighted by Gasteiger charge is -2.26. The number of fused-ring (bicyclic) bond motifs is 2. The third kappa shape index (κ3) is 14.4. The first kappa shape index (κ1) is 62.5. The van der Waals surface area contributed by atoms with Crippen LogP contribution < -0.4 is 10.6 Å². The van der Waals surface area contributed by atoms with E-state index in [1.807, 2.05) is 30.3 Å². The average molecular weight is 1300 g/mol. The van der Waals surface area contributed by atoms with Gasteiger partial charge >= 0.3 is 32.5 Å². The second-order valence-electron chi connectivity index (χ2n) is 21.4. The highest BCUT2D eigenvalue weighted by Gasteiger charge is 2.54. The zero-order valence-electron chi connectivity index (χ0n) is 49.9. The molecule has 0 unspecified atom stereocenters. The van der Waals surface area contributed by atoms with Gasteiger partial charge in [0.25, 0.3) is 11.8 Å². The highest BCUT2D eigenvalue weighted by molar-refractivity contribution is 7.41. The minimum absolute atomic E-state index is 0.0602. The van der Waals surface area contributed by atoms with E-state index in [-0.39, 0.29) is 62.8 Å². The average Bonchev–Trinajstić information content (AvgIpc) is 1.63. The van der Waals surface area contributed by atoms with Gasteiger partial charge in [0.1, 0.15) is 24.9 Å². The highest BCUT2D eigenvalue weighted by atomic mass is 31.2. The third-order valence-electron chi connectivity index (χ3n) is 15.3. The molecule has 0 aliphatic carbocycles. The Bertz CT molecular complexity index is 4230. The van der Waals surface area contributed by atoms with Gasteiger partial charge in [-0.1, -0.05) is 140 Å². The molecule has 2 amide bonds. The summed E-state index contributed by atoms with van der Waals surface area (Å²) in [5.41, 5.74) is 2.65. The Labute approximate surface area is 541 Å². The van der Waals surface area contributed by atoms with Crippen LogP contribution >= 0.6 is 8.60 Å². The van der Waals surface area contributed by atoms with Crippen molar-refractivity contribution in [2.45, 2.75) is 55.7 Å². The van der Waals surface area contributed by atoms with Gasteiger partial charge in [0.15, 0.2) is 70.8 Å². The number of rotatable bonds is 23. The van der Waals surface area contributed by atoms with Crippen LogP contribution in [-0.2, 0) is 48.6 Å². The number of hydrogen-bond donors (Lipinski definition) is 2. The number of nitrogens with one attached hydrogen (secondary N) is 2. The van der Waals surface area contributed by atoms with E-state index in [4.69, 9.17) is 42.0 Å². The van der Waals surface area contributed by atoms with Gasteiger partial charge in [-0.3, -0.25) is 18.7 Å². The van der Waals surface area contributed by atoms with E-state index in [2.05, 4.69) is 40.5 Å². The fraction of sp³-hybridized carbons (Fsp3) is 0.159. The Morgan fingerprint density at radius 1 is 0.379 bits per heavy atom. The molecule has 2 saturated heterocycles. The minimum Gasteiger partial charge on any atom is -0.452 e. The van der Waals surface area contributed by atoms with E-state index in [9.17, 15) is 28.8 Å². The van der Waals surface area contributed by atoms with Crippen molar-refractivity contribution in [3.05, 3.63) is 277 Å². The topological polar surface area (TPSA) is 297 Å². The second-order valence-corrected chi connectivity index (χ2v) is 22.6. The fourth-order valence-electron chi connectivity index (χ4n) is 10.6. The predicted octanol–water partition coefficient (Wildman–Crippen LogP) is 10.3. The number of nitrogens with zero attached hydrogens (tertiary/aromatic N) is 8. The molecular weight excluding hydrogens is 1240 g/mol. The molecule has 7 aromatic carbocycles. The lowest BCUT2D eigenvalue weighted by molar-refractivity contribution is -0.0625. The molecule has 476 valence electrons. The summed E-state index contributed by atoms with van der Waals surface area (Å²) in [5.74, 6) is -4.01. The molecule has 11 aromatic rings. The summed E-state index contributed by atoms with van der Waals surface area (Å²) >= 11 is 0. The summed E-state index contributed by atoms with van der Waals surface area (Å²) in [4.78, 5) is 111. The van der Waals surface area contributed by atoms with Crippen LogP contribution in [0.25, 0.3) is 22.3 Å². The number of hydrogen-bond acceptors (Lipinski definition) is 21. The van der Waals surface area contributed by atoms with E-state index in [0.717, 1.165) is 0 Å². The molecule has 2 aliphatic heterocycles. The van der Waals surface area contributed by atoms with Crippen molar-refractivity contribution in [1.82, 2.24) is 39.0 Å². The maximum absolute atomic E-state index is 14.3. The standard InChI is InChI=1S/C69H55N10O15P/c80-62(44-24-10-2-11-25-44)76-58-52-60(72-39-70-58)78(41-74-52)64-56(93-68(84)48-32-18-6-19-33-48)54(91-66(82)46-28-14-4-15-29-46)50(89-64)37-87-95(86-36-43-22-8-1-9-23-43)88-38-51-55(92-67(83)47-30-16-5-17-31-47)57(94-69(85)49-34-20-7-21-35-49)65(90-51)79-42-75-53-59(71-40-73-61(53)79)77-63(81)45-26-12-3-13-27-45/h1-35,39-42,50-51,54-57,64-65H,36-38H2,(H,70,72,76,80)(H,71,73,77,81)/t50-,51-,54-,55-,56-,57-,64-,65-/m1/s1. The molecule has 26 heteroatoms. The number of esters is 4. The molecule has 6 heterocycles. The quantitative estimate of drug-likeness (QED) is 0.0342. The van der Waals surface area contributed by atoms with Crippen LogP contribution in [0.5, 0.6) is 0 Å². The maximum atomic E-state index is 14.3. The number of imidazole rings is 2. The van der Waals surface area contributed by atoms with Crippen LogP contribution in [-0.4, -0.2) is 125 Å². The summed E-state index contributed by atoms with van der Waals surface area (Å²) in [6.07, 6.45) is -5.99. The number of amides is 2. The number of anilines is 2. The van der Waals surface area contributed by atoms with Crippen LogP contribution in [0.4, 0.5) is 11.6 Å². The normalized spacial score (nSPS) is 19.3. The first-order valence-corrected chi connectivity index (χ1v) is 30.9. The van der Waals surface area contributed by atoms with Crippen LogP contribution in [0.2, 0.25) is 0 Å². The molecule has 0 spiro atoms. The largest absolute Gasteiger partial charge is 0.452 e. The Balaban J connectivity index is 0.845.